The molecule has 2 amide bonds. The van der Waals surface area contributed by atoms with Gasteiger partial charge in [0.1, 0.15) is 10.8 Å². The van der Waals surface area contributed by atoms with Crippen LogP contribution in [0.4, 0.5) is 5.69 Å². The fourth-order valence-electron chi connectivity index (χ4n) is 2.60. The lowest BCUT2D eigenvalue weighted by Crippen LogP contribution is -2.33. The van der Waals surface area contributed by atoms with Gasteiger partial charge in [-0.3, -0.25) is 9.59 Å². The number of pyridine rings is 1. The molecule has 6 nitrogen and oxygen atoms in total. The summed E-state index contributed by atoms with van der Waals surface area (Å²) < 4.78 is 0. The molecule has 1 aliphatic rings. The van der Waals surface area contributed by atoms with Crippen LogP contribution in [0.25, 0.3) is 0 Å². The number of hydrazone groups is 1. The van der Waals surface area contributed by atoms with Crippen LogP contribution in [0.3, 0.4) is 0 Å². The molecule has 0 radical (unpaired) electrons. The van der Waals surface area contributed by atoms with E-state index in [9.17, 15) is 9.59 Å². The maximum atomic E-state index is 12.2. The summed E-state index contributed by atoms with van der Waals surface area (Å²) in [6.07, 6.45) is 0.439. The first-order valence-electron chi connectivity index (χ1n) is 7.83. The molecule has 1 aromatic heterocycles. The van der Waals surface area contributed by atoms with Crippen molar-refractivity contribution in [2.24, 2.45) is 11.0 Å². The number of nitrogens with zero attached hydrogens (tertiary/aromatic N) is 3. The molecule has 0 aliphatic carbocycles. The molecule has 128 valence electrons. The van der Waals surface area contributed by atoms with Gasteiger partial charge in [-0.15, -0.1) is 0 Å². The molecule has 3 rings (SSSR count). The minimum absolute atomic E-state index is 0.00848. The normalized spacial score (nSPS) is 17.2. The summed E-state index contributed by atoms with van der Waals surface area (Å²) in [5.41, 5.74) is 2.67. The molecule has 25 heavy (non-hydrogen) atoms. The van der Waals surface area contributed by atoms with Crippen LogP contribution in [0.15, 0.2) is 47.6 Å². The van der Waals surface area contributed by atoms with E-state index < -0.39 is 0 Å². The molecular weight excluding hydrogens is 340 g/mol. The number of carbonyl (C=O) groups excluding carboxylic acids is 2. The molecule has 0 fully saturated rings. The number of carbonyl (C=O) groups is 2. The van der Waals surface area contributed by atoms with Crippen LogP contribution in [0.1, 0.15) is 29.4 Å². The highest BCUT2D eigenvalue weighted by atomic mass is 35.5. The van der Waals surface area contributed by atoms with Gasteiger partial charge in [-0.1, -0.05) is 36.7 Å². The van der Waals surface area contributed by atoms with Gasteiger partial charge in [0.15, 0.2) is 0 Å². The van der Waals surface area contributed by atoms with E-state index in [1.165, 1.54) is 5.01 Å². The number of amides is 2. The van der Waals surface area contributed by atoms with Crippen LogP contribution in [-0.2, 0) is 4.79 Å². The van der Waals surface area contributed by atoms with Gasteiger partial charge in [-0.25, -0.2) is 9.99 Å². The van der Waals surface area contributed by atoms with E-state index in [2.05, 4.69) is 15.4 Å². The predicted molar refractivity (Wildman–Crippen MR) is 96.7 cm³/mol. The molecule has 1 unspecified atom stereocenters. The smallest absolute Gasteiger partial charge is 0.274 e. The van der Waals surface area contributed by atoms with Gasteiger partial charge in [0.2, 0.25) is 5.91 Å². The number of anilines is 1. The molecule has 0 bridgehead atoms. The summed E-state index contributed by atoms with van der Waals surface area (Å²) >= 11 is 5.80. The van der Waals surface area contributed by atoms with Gasteiger partial charge < -0.3 is 5.32 Å². The molecule has 0 spiro atoms. The van der Waals surface area contributed by atoms with Crippen molar-refractivity contribution in [3.05, 3.63) is 58.9 Å². The minimum Gasteiger partial charge on any atom is -0.321 e. The second-order valence-corrected chi connectivity index (χ2v) is 6.27. The zero-order valence-corrected chi connectivity index (χ0v) is 14.6. The summed E-state index contributed by atoms with van der Waals surface area (Å²) in [4.78, 5) is 27.8. The number of halogens is 1. The monoisotopic (exact) mass is 356 g/mol. The third kappa shape index (κ3) is 3.85. The molecule has 0 saturated heterocycles. The van der Waals surface area contributed by atoms with Crippen LogP contribution < -0.4 is 5.32 Å². The molecule has 1 aromatic carbocycles. The van der Waals surface area contributed by atoms with Gasteiger partial charge in [0, 0.05) is 25.1 Å². The fourth-order valence-corrected chi connectivity index (χ4v) is 2.77. The summed E-state index contributed by atoms with van der Waals surface area (Å²) in [5.74, 6) is -0.266. The predicted octanol–water partition coefficient (Wildman–Crippen LogP) is 3.19. The standard InChI is InChI=1S/C18H17ClN4O2/c1-11-10-16(24)23(2)22-17(11)12-6-8-13(9-7-12)20-18(25)14-4-3-5-15(19)21-14/h3-9,11H,10H2,1-2H3,(H,20,25). The van der Waals surface area contributed by atoms with Crippen LogP contribution >= 0.6 is 11.6 Å². The lowest BCUT2D eigenvalue weighted by atomic mass is 9.94. The molecule has 1 atom stereocenters. The first kappa shape index (κ1) is 17.1. The van der Waals surface area contributed by atoms with Crippen molar-refractivity contribution in [3.8, 4) is 0 Å². The Labute approximate surface area is 150 Å². The number of hydrogen-bond donors (Lipinski definition) is 1. The second kappa shape index (κ2) is 7.03. The van der Waals surface area contributed by atoms with Gasteiger partial charge in [0.25, 0.3) is 5.91 Å². The summed E-state index contributed by atoms with van der Waals surface area (Å²) in [6.45, 7) is 1.98. The van der Waals surface area contributed by atoms with Crippen LogP contribution in [0.2, 0.25) is 5.15 Å². The van der Waals surface area contributed by atoms with Gasteiger partial charge in [-0.05, 0) is 29.8 Å². The highest BCUT2D eigenvalue weighted by Crippen LogP contribution is 2.21. The first-order valence-corrected chi connectivity index (χ1v) is 8.21. The lowest BCUT2D eigenvalue weighted by molar-refractivity contribution is -0.131. The molecule has 1 aliphatic heterocycles. The number of hydrogen-bond acceptors (Lipinski definition) is 4. The molecule has 2 heterocycles. The largest absolute Gasteiger partial charge is 0.321 e. The average Bonchev–Trinajstić information content (AvgIpc) is 2.59. The van der Waals surface area contributed by atoms with Crippen molar-refractivity contribution in [2.75, 3.05) is 12.4 Å². The highest BCUT2D eigenvalue weighted by molar-refractivity contribution is 6.29. The Balaban J connectivity index is 1.75. The second-order valence-electron chi connectivity index (χ2n) is 5.88. The van der Waals surface area contributed by atoms with E-state index in [1.807, 2.05) is 19.1 Å². The average molecular weight is 357 g/mol. The molecule has 7 heteroatoms. The summed E-state index contributed by atoms with van der Waals surface area (Å²) in [5, 5.41) is 8.77. The summed E-state index contributed by atoms with van der Waals surface area (Å²) in [7, 11) is 1.65. The van der Waals surface area contributed by atoms with E-state index in [4.69, 9.17) is 11.6 Å². The number of aromatic nitrogens is 1. The third-order valence-corrected chi connectivity index (χ3v) is 4.16. The Morgan fingerprint density at radius 1 is 1.24 bits per heavy atom. The maximum Gasteiger partial charge on any atom is 0.274 e. The summed E-state index contributed by atoms with van der Waals surface area (Å²) in [6, 6.07) is 12.2. The van der Waals surface area contributed by atoms with E-state index in [0.29, 0.717) is 12.1 Å². The number of nitrogens with one attached hydrogen (secondary N) is 1. The van der Waals surface area contributed by atoms with Crippen molar-refractivity contribution in [1.29, 1.82) is 0 Å². The topological polar surface area (TPSA) is 74.7 Å². The Kier molecular flexibility index (Phi) is 4.81. The molecule has 1 N–H and O–H groups in total. The van der Waals surface area contributed by atoms with Crippen LogP contribution in [-0.4, -0.2) is 34.6 Å². The zero-order chi connectivity index (χ0) is 18.0. The first-order chi connectivity index (χ1) is 11.9. The SMILES string of the molecule is CC1CC(=O)N(C)N=C1c1ccc(NC(=O)c2cccc(Cl)n2)cc1. The van der Waals surface area contributed by atoms with Crippen LogP contribution in [0, 0.1) is 5.92 Å². The van der Waals surface area contributed by atoms with E-state index >= 15 is 0 Å². The lowest BCUT2D eigenvalue weighted by Gasteiger charge is -2.24. The van der Waals surface area contributed by atoms with E-state index in [-0.39, 0.29) is 28.6 Å². The van der Waals surface area contributed by atoms with Crippen molar-refractivity contribution in [1.82, 2.24) is 9.99 Å². The Morgan fingerprint density at radius 3 is 2.64 bits per heavy atom. The number of benzene rings is 1. The van der Waals surface area contributed by atoms with Gasteiger partial charge in [0.05, 0.1) is 5.71 Å². The third-order valence-electron chi connectivity index (χ3n) is 3.95. The van der Waals surface area contributed by atoms with Crippen molar-refractivity contribution in [3.63, 3.8) is 0 Å². The van der Waals surface area contributed by atoms with Crippen LogP contribution in [0.5, 0.6) is 0 Å². The van der Waals surface area contributed by atoms with E-state index in [0.717, 1.165) is 11.3 Å². The highest BCUT2D eigenvalue weighted by Gasteiger charge is 2.25. The Morgan fingerprint density at radius 2 is 1.96 bits per heavy atom. The minimum atomic E-state index is -0.330. The van der Waals surface area contributed by atoms with Crippen molar-refractivity contribution < 1.29 is 9.59 Å². The number of rotatable bonds is 3. The zero-order valence-electron chi connectivity index (χ0n) is 13.9. The Bertz CT molecular complexity index is 848. The molecular formula is C18H17ClN4O2. The molecule has 2 aromatic rings. The molecule has 0 saturated carbocycles. The quantitative estimate of drug-likeness (QED) is 0.858. The van der Waals surface area contributed by atoms with E-state index in [1.54, 1.807) is 37.4 Å². The fraction of sp³-hybridized carbons (Fsp3) is 0.222. The van der Waals surface area contributed by atoms with Gasteiger partial charge >= 0.3 is 0 Å². The Hall–Kier alpha value is -2.73. The van der Waals surface area contributed by atoms with Crippen molar-refractivity contribution >= 4 is 34.8 Å². The maximum absolute atomic E-state index is 12.2. The van der Waals surface area contributed by atoms with Crippen molar-refractivity contribution in [2.45, 2.75) is 13.3 Å². The van der Waals surface area contributed by atoms with Gasteiger partial charge in [-0.2, -0.15) is 5.10 Å².